The van der Waals surface area contributed by atoms with Crippen LogP contribution in [-0.4, -0.2) is 33.9 Å². The largest absolute Gasteiger partial charge is 0.505 e. The van der Waals surface area contributed by atoms with Crippen molar-refractivity contribution in [2.24, 2.45) is 62.1 Å². The fourth-order valence-electron chi connectivity index (χ4n) is 11.7. The van der Waals surface area contributed by atoms with Crippen molar-refractivity contribution in [2.75, 3.05) is 0 Å². The quantitative estimate of drug-likeness (QED) is 0.329. The van der Waals surface area contributed by atoms with Crippen LogP contribution in [0.25, 0.3) is 0 Å². The summed E-state index contributed by atoms with van der Waals surface area (Å²) in [5.74, 6) is -0.224. The Kier molecular flexibility index (Phi) is 6.96. The predicted molar refractivity (Wildman–Crippen MR) is 160 cm³/mol. The Bertz CT molecular complexity index is 1170. The van der Waals surface area contributed by atoms with E-state index in [1.165, 1.54) is 0 Å². The fourth-order valence-corrected chi connectivity index (χ4v) is 11.7. The van der Waals surface area contributed by atoms with Gasteiger partial charge < -0.3 is 15.5 Å². The molecule has 3 N–H and O–H groups in total. The fraction of sp³-hybridized carbons (Fsp3) is 0.857. The van der Waals surface area contributed by atoms with Crippen LogP contribution in [0, 0.1) is 62.1 Å². The van der Waals surface area contributed by atoms with Crippen LogP contribution in [0.4, 0.5) is 0 Å². The van der Waals surface area contributed by atoms with Gasteiger partial charge in [-0.3, -0.25) is 9.59 Å². The number of aliphatic hydroxyl groups is 1. The number of carboxylic acids is 1. The highest BCUT2D eigenvalue weighted by molar-refractivity contribution is 5.98. The minimum atomic E-state index is -0.957. The number of hydrogen-bond acceptors (Lipinski definition) is 4. The molecular formula is C35H55NO5. The molecule has 0 aromatic heterocycles. The molecule has 4 saturated carbocycles. The maximum absolute atomic E-state index is 14.3. The summed E-state index contributed by atoms with van der Waals surface area (Å²) in [7, 11) is 0. The molecule has 0 aromatic rings. The van der Waals surface area contributed by atoms with Gasteiger partial charge in [0.1, 0.15) is 6.04 Å². The maximum atomic E-state index is 14.3. The lowest BCUT2D eigenvalue weighted by Crippen LogP contribution is -2.68. The molecule has 5 rings (SSSR count). The molecule has 41 heavy (non-hydrogen) atoms. The van der Waals surface area contributed by atoms with Gasteiger partial charge in [-0.25, -0.2) is 4.79 Å². The molecule has 1 amide bonds. The lowest BCUT2D eigenvalue weighted by Gasteiger charge is -2.72. The molecule has 4 fully saturated rings. The molecule has 5 aliphatic carbocycles. The average molecular weight is 570 g/mol. The van der Waals surface area contributed by atoms with Crippen molar-refractivity contribution in [3.63, 3.8) is 0 Å². The lowest BCUT2D eigenvalue weighted by atomic mass is 9.32. The number of aliphatic carboxylic acids is 1. The number of carbonyl (C=O) groups is 3. The Hall–Kier alpha value is -1.85. The van der Waals surface area contributed by atoms with E-state index in [2.05, 4.69) is 39.9 Å². The van der Waals surface area contributed by atoms with E-state index in [0.717, 1.165) is 57.8 Å². The highest BCUT2D eigenvalue weighted by Gasteiger charge is 2.71. The molecule has 9 atom stereocenters. The van der Waals surface area contributed by atoms with E-state index < -0.39 is 22.8 Å². The second kappa shape index (κ2) is 9.32. The first kappa shape index (κ1) is 30.6. The number of amides is 1. The maximum Gasteiger partial charge on any atom is 0.326 e. The number of aliphatic hydroxyl groups excluding tert-OH is 1. The number of Topliss-reactive ketones (excluding diaryl/α,β-unsaturated/α-hetero) is 1. The SMILES string of the molecule is CC(C)[C@H](NC(=O)[C@]12CCC(C)(C)C[C@@H]1[C@H]1CC[C@@H]3[C@@]4(C)C=C(O)C(=O)C(C)(C)[C@@H]4CC[C@@]3(C)[C@]1(C)CC2)C(=O)O. The minimum Gasteiger partial charge on any atom is -0.505 e. The normalized spacial score (nSPS) is 45.3. The third kappa shape index (κ3) is 4.11. The highest BCUT2D eigenvalue weighted by Crippen LogP contribution is 2.76. The van der Waals surface area contributed by atoms with Crippen LogP contribution in [-0.2, 0) is 14.4 Å². The van der Waals surface area contributed by atoms with E-state index in [4.69, 9.17) is 0 Å². The molecule has 0 saturated heterocycles. The Morgan fingerprint density at radius 1 is 0.854 bits per heavy atom. The summed E-state index contributed by atoms with van der Waals surface area (Å²) in [6, 6.07) is -0.874. The van der Waals surface area contributed by atoms with Gasteiger partial charge >= 0.3 is 5.97 Å². The Morgan fingerprint density at radius 2 is 1.49 bits per heavy atom. The van der Waals surface area contributed by atoms with Crippen molar-refractivity contribution in [3.8, 4) is 0 Å². The van der Waals surface area contributed by atoms with Crippen molar-refractivity contribution in [3.05, 3.63) is 11.8 Å². The minimum absolute atomic E-state index is 0.0141. The molecule has 0 aliphatic heterocycles. The summed E-state index contributed by atoms with van der Waals surface area (Å²) in [4.78, 5) is 39.4. The van der Waals surface area contributed by atoms with E-state index in [9.17, 15) is 24.6 Å². The Labute approximate surface area is 247 Å². The lowest BCUT2D eigenvalue weighted by molar-refractivity contribution is -0.229. The summed E-state index contributed by atoms with van der Waals surface area (Å²) in [5, 5.41) is 23.8. The van der Waals surface area contributed by atoms with Crippen molar-refractivity contribution >= 4 is 17.7 Å². The van der Waals surface area contributed by atoms with Crippen LogP contribution < -0.4 is 5.32 Å². The average Bonchev–Trinajstić information content (AvgIpc) is 2.85. The molecule has 230 valence electrons. The van der Waals surface area contributed by atoms with Crippen molar-refractivity contribution in [2.45, 2.75) is 126 Å². The van der Waals surface area contributed by atoms with Gasteiger partial charge in [-0.1, -0.05) is 62.3 Å². The van der Waals surface area contributed by atoms with Gasteiger partial charge in [0.15, 0.2) is 5.76 Å². The Morgan fingerprint density at radius 3 is 2.10 bits per heavy atom. The first-order chi connectivity index (χ1) is 18.8. The summed E-state index contributed by atoms with van der Waals surface area (Å²) in [6.07, 6.45) is 10.5. The van der Waals surface area contributed by atoms with Gasteiger partial charge in [0.25, 0.3) is 0 Å². The number of ketones is 1. The van der Waals surface area contributed by atoms with Gasteiger partial charge in [0, 0.05) is 5.41 Å². The smallest absolute Gasteiger partial charge is 0.326 e. The summed E-state index contributed by atoms with van der Waals surface area (Å²) in [6.45, 7) is 19.7. The van der Waals surface area contributed by atoms with E-state index in [0.29, 0.717) is 11.8 Å². The van der Waals surface area contributed by atoms with Crippen molar-refractivity contribution < 1.29 is 24.6 Å². The Balaban J connectivity index is 1.54. The van der Waals surface area contributed by atoms with Crippen LogP contribution in [0.15, 0.2) is 11.8 Å². The summed E-state index contributed by atoms with van der Waals surface area (Å²) < 4.78 is 0. The topological polar surface area (TPSA) is 104 Å². The van der Waals surface area contributed by atoms with E-state index in [-0.39, 0.29) is 56.9 Å². The van der Waals surface area contributed by atoms with Crippen LogP contribution >= 0.6 is 0 Å². The molecule has 0 radical (unpaired) electrons. The molecule has 0 aromatic carbocycles. The standard InChI is InChI=1S/C35H55NO5/c1-20(2)26(28(39)40)36-29(41)35-16-14-30(3,4)18-22(35)21-10-11-25-32(7)19-23(37)27(38)31(5,6)24(32)12-13-34(25,9)33(21,8)15-17-35/h19-22,24-26,37H,10-18H2,1-9H3,(H,36,41)(H,39,40)/t21-,22-,24+,25-,26+,32+,33-,34-,35+/m1/s1. The second-order valence-electron chi connectivity index (χ2n) is 17.3. The highest BCUT2D eigenvalue weighted by atomic mass is 16.4. The van der Waals surface area contributed by atoms with Crippen LogP contribution in [0.2, 0.25) is 0 Å². The van der Waals surface area contributed by atoms with Gasteiger partial charge in [0.2, 0.25) is 11.7 Å². The number of rotatable bonds is 4. The molecular weight excluding hydrogens is 514 g/mol. The first-order valence-electron chi connectivity index (χ1n) is 16.3. The number of hydrogen-bond donors (Lipinski definition) is 3. The van der Waals surface area contributed by atoms with Crippen LogP contribution in [0.5, 0.6) is 0 Å². The first-order valence-corrected chi connectivity index (χ1v) is 16.3. The van der Waals surface area contributed by atoms with Crippen molar-refractivity contribution in [1.82, 2.24) is 5.32 Å². The zero-order chi connectivity index (χ0) is 30.6. The zero-order valence-corrected chi connectivity index (χ0v) is 27.0. The number of allylic oxidation sites excluding steroid dienone is 2. The molecule has 0 bridgehead atoms. The van der Waals surface area contributed by atoms with Gasteiger partial charge in [-0.05, 0) is 115 Å². The third-order valence-corrected chi connectivity index (χ3v) is 14.2. The second-order valence-corrected chi connectivity index (χ2v) is 17.3. The van der Waals surface area contributed by atoms with Crippen LogP contribution in [0.1, 0.15) is 120 Å². The number of fused-ring (bicyclic) bond motifs is 7. The molecule has 0 heterocycles. The van der Waals surface area contributed by atoms with Crippen molar-refractivity contribution in [1.29, 1.82) is 0 Å². The summed E-state index contributed by atoms with van der Waals surface area (Å²) in [5.41, 5.74) is -1.20. The third-order valence-electron chi connectivity index (χ3n) is 14.2. The van der Waals surface area contributed by atoms with E-state index >= 15 is 0 Å². The van der Waals surface area contributed by atoms with E-state index in [1.807, 2.05) is 33.8 Å². The molecule has 0 spiro atoms. The van der Waals surface area contributed by atoms with Gasteiger partial charge in [-0.15, -0.1) is 0 Å². The molecule has 5 aliphatic rings. The van der Waals surface area contributed by atoms with Crippen LogP contribution in [0.3, 0.4) is 0 Å². The predicted octanol–water partition coefficient (Wildman–Crippen LogP) is 7.32. The summed E-state index contributed by atoms with van der Waals surface area (Å²) >= 11 is 0. The zero-order valence-electron chi connectivity index (χ0n) is 27.0. The molecule has 6 nitrogen and oxygen atoms in total. The number of carbonyl (C=O) groups excluding carboxylic acids is 2. The van der Waals surface area contributed by atoms with E-state index in [1.54, 1.807) is 0 Å². The molecule has 0 unspecified atom stereocenters. The van der Waals surface area contributed by atoms with Gasteiger partial charge in [0.05, 0.1) is 5.41 Å². The monoisotopic (exact) mass is 569 g/mol. The number of nitrogens with one attached hydrogen (secondary N) is 1. The number of carboxylic acid groups (broad SMARTS) is 1. The van der Waals surface area contributed by atoms with Gasteiger partial charge in [-0.2, -0.15) is 0 Å². The molecule has 6 heteroatoms.